The van der Waals surface area contributed by atoms with Crippen molar-refractivity contribution in [3.05, 3.63) is 66.2 Å². The first-order valence-electron chi connectivity index (χ1n) is 7.17. The fourth-order valence-electron chi connectivity index (χ4n) is 2.49. The van der Waals surface area contributed by atoms with Crippen LogP contribution in [-0.2, 0) is 10.2 Å². The molecule has 2 aromatic rings. The monoisotopic (exact) mass is 283 g/mol. The molecule has 0 saturated heterocycles. The molecule has 21 heavy (non-hydrogen) atoms. The van der Waals surface area contributed by atoms with E-state index in [1.54, 1.807) is 6.92 Å². The molecule has 0 fully saturated rings. The Morgan fingerprint density at radius 3 is 2.05 bits per heavy atom. The van der Waals surface area contributed by atoms with Crippen LogP contribution in [0, 0.1) is 0 Å². The summed E-state index contributed by atoms with van der Waals surface area (Å²) in [7, 11) is 0. The Labute approximate surface area is 125 Å². The third-order valence-corrected chi connectivity index (χ3v) is 3.89. The van der Waals surface area contributed by atoms with E-state index >= 15 is 0 Å². The van der Waals surface area contributed by atoms with Gasteiger partial charge in [-0.25, -0.2) is 0 Å². The highest BCUT2D eigenvalue weighted by Gasteiger charge is 2.36. The fourth-order valence-corrected chi connectivity index (χ4v) is 2.49. The Bertz CT molecular complexity index is 583. The van der Waals surface area contributed by atoms with Crippen LogP contribution in [0.25, 0.3) is 0 Å². The summed E-state index contributed by atoms with van der Waals surface area (Å²) in [6.07, 6.45) is 0. The van der Waals surface area contributed by atoms with Crippen molar-refractivity contribution in [2.75, 3.05) is 18.0 Å². The quantitative estimate of drug-likeness (QED) is 0.881. The van der Waals surface area contributed by atoms with Gasteiger partial charge in [-0.1, -0.05) is 48.5 Å². The van der Waals surface area contributed by atoms with Crippen LogP contribution >= 0.6 is 0 Å². The van der Waals surface area contributed by atoms with Crippen molar-refractivity contribution in [2.24, 2.45) is 0 Å². The SMILES string of the molecule is CCN(CC(C)(C(=O)O)c1ccccc1)c1ccccc1. The van der Waals surface area contributed by atoms with Crippen LogP contribution in [0.2, 0.25) is 0 Å². The van der Waals surface area contributed by atoms with Crippen LogP contribution in [0.5, 0.6) is 0 Å². The lowest BCUT2D eigenvalue weighted by atomic mass is 9.82. The molecule has 3 heteroatoms. The Kier molecular flexibility index (Phi) is 4.63. The number of hydrogen-bond donors (Lipinski definition) is 1. The largest absolute Gasteiger partial charge is 0.481 e. The molecular formula is C18H21NO2. The van der Waals surface area contributed by atoms with E-state index < -0.39 is 11.4 Å². The molecule has 1 unspecified atom stereocenters. The molecule has 0 radical (unpaired) electrons. The molecule has 0 aliphatic rings. The standard InChI is InChI=1S/C18H21NO2/c1-3-19(16-12-8-5-9-13-16)14-18(2,17(20)21)15-10-6-4-7-11-15/h4-13H,3,14H2,1-2H3,(H,20,21). The summed E-state index contributed by atoms with van der Waals surface area (Å²) in [5, 5.41) is 9.75. The number of carbonyl (C=O) groups is 1. The molecule has 0 amide bonds. The van der Waals surface area contributed by atoms with Crippen LogP contribution in [0.15, 0.2) is 60.7 Å². The number of likely N-dealkylation sites (N-methyl/N-ethyl adjacent to an activating group) is 1. The predicted octanol–water partition coefficient (Wildman–Crippen LogP) is 3.56. The van der Waals surface area contributed by atoms with Gasteiger partial charge >= 0.3 is 5.97 Å². The van der Waals surface area contributed by atoms with Crippen molar-refractivity contribution in [1.82, 2.24) is 0 Å². The minimum absolute atomic E-state index is 0.437. The summed E-state index contributed by atoms with van der Waals surface area (Å²) in [5.41, 5.74) is 0.933. The van der Waals surface area contributed by atoms with Gasteiger partial charge < -0.3 is 10.0 Å². The molecule has 1 N–H and O–H groups in total. The van der Waals surface area contributed by atoms with Crippen LogP contribution in [-0.4, -0.2) is 24.2 Å². The Hall–Kier alpha value is -2.29. The average Bonchev–Trinajstić information content (AvgIpc) is 2.54. The summed E-state index contributed by atoms with van der Waals surface area (Å²) in [4.78, 5) is 14.0. The number of para-hydroxylation sites is 1. The summed E-state index contributed by atoms with van der Waals surface area (Å²) in [6.45, 7) is 5.03. The highest BCUT2D eigenvalue weighted by atomic mass is 16.4. The molecule has 0 spiro atoms. The maximum Gasteiger partial charge on any atom is 0.315 e. The van der Waals surface area contributed by atoms with Crippen molar-refractivity contribution in [3.63, 3.8) is 0 Å². The highest BCUT2D eigenvalue weighted by molar-refractivity contribution is 5.82. The lowest BCUT2D eigenvalue weighted by Crippen LogP contribution is -2.44. The van der Waals surface area contributed by atoms with E-state index in [9.17, 15) is 9.90 Å². The van der Waals surface area contributed by atoms with Crippen molar-refractivity contribution >= 4 is 11.7 Å². The van der Waals surface area contributed by atoms with Crippen LogP contribution in [0.4, 0.5) is 5.69 Å². The number of carboxylic acids is 1. The summed E-state index contributed by atoms with van der Waals surface area (Å²) >= 11 is 0. The van der Waals surface area contributed by atoms with E-state index in [1.807, 2.05) is 67.6 Å². The average molecular weight is 283 g/mol. The predicted molar refractivity (Wildman–Crippen MR) is 85.8 cm³/mol. The van der Waals surface area contributed by atoms with Gasteiger partial charge in [0.2, 0.25) is 0 Å². The van der Waals surface area contributed by atoms with Crippen molar-refractivity contribution in [3.8, 4) is 0 Å². The minimum atomic E-state index is -0.937. The van der Waals surface area contributed by atoms with Gasteiger partial charge in [0.15, 0.2) is 0 Å². The van der Waals surface area contributed by atoms with Gasteiger partial charge in [-0.2, -0.15) is 0 Å². The third-order valence-electron chi connectivity index (χ3n) is 3.89. The van der Waals surface area contributed by atoms with Gasteiger partial charge in [0.1, 0.15) is 5.41 Å². The summed E-state index contributed by atoms with van der Waals surface area (Å²) in [5.74, 6) is -0.803. The molecule has 0 aliphatic heterocycles. The number of hydrogen-bond acceptors (Lipinski definition) is 2. The first-order valence-corrected chi connectivity index (χ1v) is 7.17. The molecule has 3 nitrogen and oxygen atoms in total. The molecule has 110 valence electrons. The van der Waals surface area contributed by atoms with Crippen LogP contribution in [0.3, 0.4) is 0 Å². The zero-order chi connectivity index (χ0) is 15.3. The molecule has 0 saturated carbocycles. The first-order chi connectivity index (χ1) is 10.1. The number of benzene rings is 2. The number of nitrogens with zero attached hydrogens (tertiary/aromatic N) is 1. The number of anilines is 1. The van der Waals surface area contributed by atoms with E-state index in [0.29, 0.717) is 6.54 Å². The van der Waals surface area contributed by atoms with E-state index in [4.69, 9.17) is 0 Å². The Balaban J connectivity index is 2.34. The lowest BCUT2D eigenvalue weighted by Gasteiger charge is -2.33. The zero-order valence-electron chi connectivity index (χ0n) is 12.5. The molecule has 1 atom stereocenters. The molecule has 0 aromatic heterocycles. The van der Waals surface area contributed by atoms with E-state index in [2.05, 4.69) is 4.90 Å². The zero-order valence-corrected chi connectivity index (χ0v) is 12.5. The Morgan fingerprint density at radius 2 is 1.57 bits per heavy atom. The second kappa shape index (κ2) is 6.44. The van der Waals surface area contributed by atoms with Gasteiger partial charge in [0.05, 0.1) is 0 Å². The maximum atomic E-state index is 11.9. The van der Waals surface area contributed by atoms with Gasteiger partial charge in [0, 0.05) is 18.8 Å². The first kappa shape index (κ1) is 15.1. The second-order valence-corrected chi connectivity index (χ2v) is 5.35. The Morgan fingerprint density at radius 1 is 1.05 bits per heavy atom. The normalized spacial score (nSPS) is 13.4. The smallest absolute Gasteiger partial charge is 0.315 e. The summed E-state index contributed by atoms with van der Waals surface area (Å²) < 4.78 is 0. The van der Waals surface area contributed by atoms with Gasteiger partial charge in [-0.05, 0) is 31.5 Å². The lowest BCUT2D eigenvalue weighted by molar-refractivity contribution is -0.142. The summed E-state index contributed by atoms with van der Waals surface area (Å²) in [6, 6.07) is 19.4. The molecule has 0 bridgehead atoms. The van der Waals surface area contributed by atoms with Gasteiger partial charge in [0.25, 0.3) is 0 Å². The van der Waals surface area contributed by atoms with E-state index in [-0.39, 0.29) is 0 Å². The number of rotatable bonds is 6. The van der Waals surface area contributed by atoms with Crippen molar-refractivity contribution < 1.29 is 9.90 Å². The van der Waals surface area contributed by atoms with Crippen molar-refractivity contribution in [1.29, 1.82) is 0 Å². The van der Waals surface area contributed by atoms with Crippen molar-refractivity contribution in [2.45, 2.75) is 19.3 Å². The molecule has 0 aliphatic carbocycles. The molecule has 2 aromatic carbocycles. The molecule has 2 rings (SSSR count). The fraction of sp³-hybridized carbons (Fsp3) is 0.278. The highest BCUT2D eigenvalue weighted by Crippen LogP contribution is 2.27. The molecular weight excluding hydrogens is 262 g/mol. The van der Waals surface area contributed by atoms with E-state index in [1.165, 1.54) is 0 Å². The van der Waals surface area contributed by atoms with Crippen LogP contribution < -0.4 is 4.90 Å². The molecule has 0 heterocycles. The maximum absolute atomic E-state index is 11.9. The topological polar surface area (TPSA) is 40.5 Å². The van der Waals surface area contributed by atoms with Crippen LogP contribution in [0.1, 0.15) is 19.4 Å². The second-order valence-electron chi connectivity index (χ2n) is 5.35. The number of carboxylic acid groups (broad SMARTS) is 1. The third kappa shape index (κ3) is 3.24. The van der Waals surface area contributed by atoms with E-state index in [0.717, 1.165) is 17.8 Å². The minimum Gasteiger partial charge on any atom is -0.481 e. The van der Waals surface area contributed by atoms with Gasteiger partial charge in [-0.15, -0.1) is 0 Å². The number of aliphatic carboxylic acids is 1. The van der Waals surface area contributed by atoms with Gasteiger partial charge in [-0.3, -0.25) is 4.79 Å².